The lowest BCUT2D eigenvalue weighted by molar-refractivity contribution is -0.141. The van der Waals surface area contributed by atoms with Gasteiger partial charge in [0, 0.05) is 25.2 Å². The predicted molar refractivity (Wildman–Crippen MR) is 70.5 cm³/mol. The number of hydrogen-bond donors (Lipinski definition) is 0. The van der Waals surface area contributed by atoms with Crippen molar-refractivity contribution in [1.82, 2.24) is 4.98 Å². The lowest BCUT2D eigenvalue weighted by atomic mass is 9.93. The van der Waals surface area contributed by atoms with Gasteiger partial charge in [-0.25, -0.2) is 0 Å². The lowest BCUT2D eigenvalue weighted by Crippen LogP contribution is -2.34. The smallest absolute Gasteiger partial charge is 0.305 e. The summed E-state index contributed by atoms with van der Waals surface area (Å²) in [6.45, 7) is 3.98. The van der Waals surface area contributed by atoms with E-state index in [9.17, 15) is 4.79 Å². The number of ether oxygens (including phenoxy) is 1. The first-order valence-electron chi connectivity index (χ1n) is 6.43. The third-order valence-electron chi connectivity index (χ3n) is 3.56. The second-order valence-corrected chi connectivity index (χ2v) is 4.87. The standard InChI is InChI=1S/C14H20N2O2/c1-11-3-4-13(10-15-11)16-7-5-12(6-8-16)9-14(17)18-2/h3-4,10,12H,5-9H2,1-2H3. The molecule has 2 rings (SSSR count). The lowest BCUT2D eigenvalue weighted by Gasteiger charge is -2.33. The summed E-state index contributed by atoms with van der Waals surface area (Å²) in [5.74, 6) is 0.373. The molecular weight excluding hydrogens is 228 g/mol. The van der Waals surface area contributed by atoms with Gasteiger partial charge < -0.3 is 9.64 Å². The minimum atomic E-state index is -0.0922. The van der Waals surface area contributed by atoms with Crippen LogP contribution < -0.4 is 4.90 Å². The fourth-order valence-electron chi connectivity index (χ4n) is 2.36. The number of anilines is 1. The maximum atomic E-state index is 11.2. The number of carbonyl (C=O) groups excluding carboxylic acids is 1. The van der Waals surface area contributed by atoms with Crippen molar-refractivity contribution in [2.24, 2.45) is 5.92 Å². The maximum Gasteiger partial charge on any atom is 0.305 e. The average Bonchev–Trinajstić information content (AvgIpc) is 2.40. The summed E-state index contributed by atoms with van der Waals surface area (Å²) in [4.78, 5) is 17.9. The molecule has 0 atom stereocenters. The Hall–Kier alpha value is -1.58. The fraction of sp³-hybridized carbons (Fsp3) is 0.571. The van der Waals surface area contributed by atoms with Crippen LogP contribution in [0.3, 0.4) is 0 Å². The highest BCUT2D eigenvalue weighted by molar-refractivity contribution is 5.69. The van der Waals surface area contributed by atoms with Crippen molar-refractivity contribution in [3.05, 3.63) is 24.0 Å². The van der Waals surface area contributed by atoms with Crippen molar-refractivity contribution >= 4 is 11.7 Å². The number of rotatable bonds is 3. The highest BCUT2D eigenvalue weighted by Gasteiger charge is 2.21. The molecule has 1 aromatic heterocycles. The molecule has 0 N–H and O–H groups in total. The van der Waals surface area contributed by atoms with Crippen molar-refractivity contribution in [3.63, 3.8) is 0 Å². The number of aryl methyl sites for hydroxylation is 1. The van der Waals surface area contributed by atoms with Crippen LogP contribution >= 0.6 is 0 Å². The Bertz CT molecular complexity index is 395. The van der Waals surface area contributed by atoms with E-state index < -0.39 is 0 Å². The number of piperidine rings is 1. The van der Waals surface area contributed by atoms with Crippen molar-refractivity contribution in [2.75, 3.05) is 25.1 Å². The van der Waals surface area contributed by atoms with Crippen molar-refractivity contribution in [3.8, 4) is 0 Å². The number of nitrogens with zero attached hydrogens (tertiary/aromatic N) is 2. The zero-order valence-corrected chi connectivity index (χ0v) is 11.1. The van der Waals surface area contributed by atoms with E-state index in [1.54, 1.807) is 0 Å². The molecule has 4 heteroatoms. The topological polar surface area (TPSA) is 42.4 Å². The minimum absolute atomic E-state index is 0.0922. The Morgan fingerprint density at radius 2 is 2.17 bits per heavy atom. The van der Waals surface area contributed by atoms with Gasteiger partial charge in [0.05, 0.1) is 19.0 Å². The molecule has 1 saturated heterocycles. The molecule has 0 aromatic carbocycles. The molecule has 1 fully saturated rings. The van der Waals surface area contributed by atoms with Crippen LogP contribution in [0.5, 0.6) is 0 Å². The summed E-state index contributed by atoms with van der Waals surface area (Å²) < 4.78 is 4.72. The van der Waals surface area contributed by atoms with Gasteiger partial charge in [-0.1, -0.05) is 0 Å². The molecule has 0 radical (unpaired) electrons. The molecule has 0 aliphatic carbocycles. The number of carbonyl (C=O) groups is 1. The van der Waals surface area contributed by atoms with Gasteiger partial charge in [-0.05, 0) is 37.8 Å². The first kappa shape index (κ1) is 12.9. The van der Waals surface area contributed by atoms with Crippen LogP contribution in [0.1, 0.15) is 25.0 Å². The quantitative estimate of drug-likeness (QED) is 0.769. The molecule has 0 bridgehead atoms. The molecule has 1 aliphatic heterocycles. The van der Waals surface area contributed by atoms with Gasteiger partial charge in [-0.2, -0.15) is 0 Å². The fourth-order valence-corrected chi connectivity index (χ4v) is 2.36. The third-order valence-corrected chi connectivity index (χ3v) is 3.56. The molecule has 0 spiro atoms. The number of methoxy groups -OCH3 is 1. The van der Waals surface area contributed by atoms with E-state index in [4.69, 9.17) is 4.74 Å². The Morgan fingerprint density at radius 3 is 2.72 bits per heavy atom. The maximum absolute atomic E-state index is 11.2. The van der Waals surface area contributed by atoms with Crippen LogP contribution in [-0.2, 0) is 9.53 Å². The second-order valence-electron chi connectivity index (χ2n) is 4.87. The number of esters is 1. The zero-order valence-electron chi connectivity index (χ0n) is 11.1. The van der Waals surface area contributed by atoms with Gasteiger partial charge >= 0.3 is 5.97 Å². The van der Waals surface area contributed by atoms with Crippen molar-refractivity contribution < 1.29 is 9.53 Å². The summed E-state index contributed by atoms with van der Waals surface area (Å²) in [5, 5.41) is 0. The summed E-state index contributed by atoms with van der Waals surface area (Å²) >= 11 is 0. The first-order valence-corrected chi connectivity index (χ1v) is 6.43. The van der Waals surface area contributed by atoms with E-state index in [0.717, 1.165) is 31.6 Å². The summed E-state index contributed by atoms with van der Waals surface area (Å²) in [6.07, 6.45) is 4.57. The van der Waals surface area contributed by atoms with E-state index >= 15 is 0 Å². The average molecular weight is 248 g/mol. The molecule has 18 heavy (non-hydrogen) atoms. The Labute approximate surface area is 108 Å². The van der Waals surface area contributed by atoms with Crippen LogP contribution in [-0.4, -0.2) is 31.2 Å². The van der Waals surface area contributed by atoms with Crippen LogP contribution in [0.4, 0.5) is 5.69 Å². The Kier molecular flexibility index (Phi) is 4.18. The first-order chi connectivity index (χ1) is 8.69. The van der Waals surface area contributed by atoms with Gasteiger partial charge in [-0.3, -0.25) is 9.78 Å². The number of pyridine rings is 1. The Balaban J connectivity index is 1.86. The number of aromatic nitrogens is 1. The molecule has 0 saturated carbocycles. The normalized spacial score (nSPS) is 16.7. The van der Waals surface area contributed by atoms with E-state index in [-0.39, 0.29) is 5.97 Å². The Morgan fingerprint density at radius 1 is 1.44 bits per heavy atom. The van der Waals surface area contributed by atoms with E-state index in [0.29, 0.717) is 12.3 Å². The molecule has 98 valence electrons. The molecular formula is C14H20N2O2. The third kappa shape index (κ3) is 3.22. The second kappa shape index (κ2) is 5.85. The molecule has 1 aliphatic rings. The van der Waals surface area contributed by atoms with Crippen molar-refractivity contribution in [1.29, 1.82) is 0 Å². The monoisotopic (exact) mass is 248 g/mol. The summed E-state index contributed by atoms with van der Waals surface area (Å²) in [6, 6.07) is 4.15. The molecule has 4 nitrogen and oxygen atoms in total. The van der Waals surface area contributed by atoms with E-state index in [1.165, 1.54) is 12.8 Å². The van der Waals surface area contributed by atoms with Gasteiger partial charge in [0.2, 0.25) is 0 Å². The van der Waals surface area contributed by atoms with Gasteiger partial charge in [-0.15, -0.1) is 0 Å². The molecule has 0 amide bonds. The van der Waals surface area contributed by atoms with Crippen molar-refractivity contribution in [2.45, 2.75) is 26.2 Å². The summed E-state index contributed by atoms with van der Waals surface area (Å²) in [7, 11) is 1.45. The van der Waals surface area contributed by atoms with Gasteiger partial charge in [0.25, 0.3) is 0 Å². The highest BCUT2D eigenvalue weighted by Crippen LogP contribution is 2.24. The zero-order chi connectivity index (χ0) is 13.0. The van der Waals surface area contributed by atoms with Crippen LogP contribution in [0.2, 0.25) is 0 Å². The van der Waals surface area contributed by atoms with E-state index in [2.05, 4.69) is 16.0 Å². The van der Waals surface area contributed by atoms with Gasteiger partial charge in [0.1, 0.15) is 0 Å². The molecule has 2 heterocycles. The number of hydrogen-bond acceptors (Lipinski definition) is 4. The highest BCUT2D eigenvalue weighted by atomic mass is 16.5. The summed E-state index contributed by atoms with van der Waals surface area (Å²) in [5.41, 5.74) is 2.22. The molecule has 1 aromatic rings. The van der Waals surface area contributed by atoms with Crippen LogP contribution in [0.25, 0.3) is 0 Å². The predicted octanol–water partition coefficient (Wildman–Crippen LogP) is 2.17. The SMILES string of the molecule is COC(=O)CC1CCN(c2ccc(C)nc2)CC1. The van der Waals surface area contributed by atoms with E-state index in [1.807, 2.05) is 19.2 Å². The van der Waals surface area contributed by atoms with Crippen LogP contribution in [0.15, 0.2) is 18.3 Å². The van der Waals surface area contributed by atoms with Gasteiger partial charge in [0.15, 0.2) is 0 Å². The largest absolute Gasteiger partial charge is 0.469 e. The van der Waals surface area contributed by atoms with Crippen LogP contribution in [0, 0.1) is 12.8 Å². The minimum Gasteiger partial charge on any atom is -0.469 e. The molecule has 0 unspecified atom stereocenters.